The van der Waals surface area contributed by atoms with Crippen molar-refractivity contribution in [1.29, 1.82) is 5.26 Å². The van der Waals surface area contributed by atoms with Crippen molar-refractivity contribution in [3.05, 3.63) is 11.9 Å². The van der Waals surface area contributed by atoms with Crippen molar-refractivity contribution in [2.75, 3.05) is 0 Å². The Labute approximate surface area is 108 Å². The molecule has 0 aliphatic heterocycles. The molecule has 2 aliphatic carbocycles. The molecule has 0 N–H and O–H groups in total. The Bertz CT molecular complexity index is 439. The fourth-order valence-corrected chi connectivity index (χ4v) is 3.37. The Hall–Kier alpha value is -1.37. The van der Waals surface area contributed by atoms with Gasteiger partial charge < -0.3 is 0 Å². The minimum Gasteiger partial charge on any atom is -0.249 e. The first-order valence-corrected chi connectivity index (χ1v) is 7.18. The number of hydrogen-bond acceptors (Lipinski definition) is 3. The average molecular weight is 244 g/mol. The largest absolute Gasteiger partial charge is 0.249 e. The Kier molecular flexibility index (Phi) is 3.31. The molecule has 3 rings (SSSR count). The number of nitrogens with zero attached hydrogens (tertiary/aromatic N) is 4. The normalized spacial score (nSPS) is 29.3. The molecule has 0 spiro atoms. The van der Waals surface area contributed by atoms with E-state index in [1.54, 1.807) is 0 Å². The maximum atomic E-state index is 8.94. The van der Waals surface area contributed by atoms with Gasteiger partial charge in [0.25, 0.3) is 0 Å². The van der Waals surface area contributed by atoms with Gasteiger partial charge in [-0.2, -0.15) is 5.26 Å². The highest BCUT2D eigenvalue weighted by molar-refractivity contribution is 5.04. The summed E-state index contributed by atoms with van der Waals surface area (Å²) < 4.78 is 2.02. The molecule has 0 aromatic carbocycles. The SMILES string of the molecule is N#CC1CCC(n2cc(C3CCCCC3)nn2)C1. The summed E-state index contributed by atoms with van der Waals surface area (Å²) in [6.07, 6.45) is 11.7. The van der Waals surface area contributed by atoms with Gasteiger partial charge in [-0.25, -0.2) is 4.68 Å². The molecule has 2 aliphatic rings. The highest BCUT2D eigenvalue weighted by Gasteiger charge is 2.27. The quantitative estimate of drug-likeness (QED) is 0.802. The van der Waals surface area contributed by atoms with Gasteiger partial charge in [-0.05, 0) is 32.1 Å². The van der Waals surface area contributed by atoms with E-state index >= 15 is 0 Å². The Morgan fingerprint density at radius 2 is 2.00 bits per heavy atom. The van der Waals surface area contributed by atoms with Gasteiger partial charge in [-0.15, -0.1) is 5.10 Å². The molecule has 2 unspecified atom stereocenters. The molecule has 18 heavy (non-hydrogen) atoms. The van der Waals surface area contributed by atoms with Gasteiger partial charge in [-0.3, -0.25) is 0 Å². The van der Waals surface area contributed by atoms with Crippen LogP contribution in [0.4, 0.5) is 0 Å². The van der Waals surface area contributed by atoms with E-state index in [-0.39, 0.29) is 5.92 Å². The minimum absolute atomic E-state index is 0.220. The van der Waals surface area contributed by atoms with E-state index in [9.17, 15) is 0 Å². The van der Waals surface area contributed by atoms with E-state index in [0.29, 0.717) is 12.0 Å². The Morgan fingerprint density at radius 3 is 2.72 bits per heavy atom. The second-order valence-corrected chi connectivity index (χ2v) is 5.75. The first-order valence-electron chi connectivity index (χ1n) is 7.18. The van der Waals surface area contributed by atoms with Crippen molar-refractivity contribution >= 4 is 0 Å². The van der Waals surface area contributed by atoms with Crippen molar-refractivity contribution in [1.82, 2.24) is 15.0 Å². The van der Waals surface area contributed by atoms with E-state index in [4.69, 9.17) is 5.26 Å². The van der Waals surface area contributed by atoms with E-state index in [1.165, 1.54) is 37.8 Å². The summed E-state index contributed by atoms with van der Waals surface area (Å²) in [4.78, 5) is 0. The lowest BCUT2D eigenvalue weighted by molar-refractivity contribution is 0.436. The van der Waals surface area contributed by atoms with Crippen molar-refractivity contribution in [2.45, 2.75) is 63.3 Å². The second-order valence-electron chi connectivity index (χ2n) is 5.75. The lowest BCUT2D eigenvalue weighted by Crippen LogP contribution is -2.06. The Morgan fingerprint density at radius 1 is 1.17 bits per heavy atom. The van der Waals surface area contributed by atoms with Crippen molar-refractivity contribution in [2.24, 2.45) is 5.92 Å². The molecule has 2 atom stereocenters. The molecule has 0 radical (unpaired) electrons. The van der Waals surface area contributed by atoms with Gasteiger partial charge >= 0.3 is 0 Å². The van der Waals surface area contributed by atoms with Gasteiger partial charge in [0.1, 0.15) is 0 Å². The molecule has 0 saturated heterocycles. The molecule has 1 aromatic heterocycles. The van der Waals surface area contributed by atoms with Crippen LogP contribution in [0.5, 0.6) is 0 Å². The third-order valence-corrected chi connectivity index (χ3v) is 4.51. The van der Waals surface area contributed by atoms with Gasteiger partial charge in [0.05, 0.1) is 17.8 Å². The monoisotopic (exact) mass is 244 g/mol. The second kappa shape index (κ2) is 5.09. The number of hydrogen-bond donors (Lipinski definition) is 0. The molecule has 2 fully saturated rings. The number of rotatable bonds is 2. The topological polar surface area (TPSA) is 54.5 Å². The highest BCUT2D eigenvalue weighted by atomic mass is 15.4. The van der Waals surface area contributed by atoms with Crippen LogP contribution in [0, 0.1) is 17.2 Å². The lowest BCUT2D eigenvalue weighted by Gasteiger charge is -2.18. The van der Waals surface area contributed by atoms with Crippen LogP contribution >= 0.6 is 0 Å². The minimum atomic E-state index is 0.220. The molecular formula is C14H20N4. The maximum absolute atomic E-state index is 8.94. The summed E-state index contributed by atoms with van der Waals surface area (Å²) in [5.41, 5.74) is 1.18. The fraction of sp³-hybridized carbons (Fsp3) is 0.786. The highest BCUT2D eigenvalue weighted by Crippen LogP contribution is 2.35. The van der Waals surface area contributed by atoms with Crippen LogP contribution in [-0.4, -0.2) is 15.0 Å². The van der Waals surface area contributed by atoms with E-state index in [0.717, 1.165) is 19.3 Å². The first kappa shape index (κ1) is 11.7. The molecule has 1 heterocycles. The van der Waals surface area contributed by atoms with Crippen molar-refractivity contribution in [3.8, 4) is 6.07 Å². The maximum Gasteiger partial charge on any atom is 0.0858 e. The Balaban J connectivity index is 1.68. The van der Waals surface area contributed by atoms with Crippen molar-refractivity contribution in [3.63, 3.8) is 0 Å². The number of aromatic nitrogens is 3. The van der Waals surface area contributed by atoms with Gasteiger partial charge in [-0.1, -0.05) is 24.5 Å². The fourth-order valence-electron chi connectivity index (χ4n) is 3.37. The first-order chi connectivity index (χ1) is 8.86. The van der Waals surface area contributed by atoms with Gasteiger partial charge in [0.15, 0.2) is 0 Å². The van der Waals surface area contributed by atoms with E-state index < -0.39 is 0 Å². The van der Waals surface area contributed by atoms with Crippen LogP contribution in [0.25, 0.3) is 0 Å². The van der Waals surface area contributed by atoms with Crippen LogP contribution in [0.3, 0.4) is 0 Å². The zero-order valence-corrected chi connectivity index (χ0v) is 10.8. The average Bonchev–Trinajstić information content (AvgIpc) is 3.08. The summed E-state index contributed by atoms with van der Waals surface area (Å²) in [6, 6.07) is 2.77. The summed E-state index contributed by atoms with van der Waals surface area (Å²) >= 11 is 0. The zero-order chi connectivity index (χ0) is 12.4. The molecule has 96 valence electrons. The van der Waals surface area contributed by atoms with E-state index in [1.807, 2.05) is 4.68 Å². The molecular weight excluding hydrogens is 224 g/mol. The molecule has 2 saturated carbocycles. The summed E-state index contributed by atoms with van der Waals surface area (Å²) in [7, 11) is 0. The smallest absolute Gasteiger partial charge is 0.0858 e. The molecule has 0 bridgehead atoms. The summed E-state index contributed by atoms with van der Waals surface area (Å²) in [5.74, 6) is 0.845. The van der Waals surface area contributed by atoms with Crippen LogP contribution in [0.15, 0.2) is 6.20 Å². The predicted octanol–water partition coefficient (Wildman–Crippen LogP) is 3.19. The molecule has 0 amide bonds. The van der Waals surface area contributed by atoms with Crippen LogP contribution in [-0.2, 0) is 0 Å². The van der Waals surface area contributed by atoms with Gasteiger partial charge in [0, 0.05) is 18.0 Å². The molecule has 1 aromatic rings. The van der Waals surface area contributed by atoms with Crippen LogP contribution in [0.2, 0.25) is 0 Å². The third kappa shape index (κ3) is 2.27. The lowest BCUT2D eigenvalue weighted by atomic mass is 9.87. The zero-order valence-electron chi connectivity index (χ0n) is 10.8. The predicted molar refractivity (Wildman–Crippen MR) is 67.8 cm³/mol. The van der Waals surface area contributed by atoms with E-state index in [2.05, 4.69) is 22.6 Å². The van der Waals surface area contributed by atoms with Crippen LogP contribution < -0.4 is 0 Å². The summed E-state index contributed by atoms with van der Waals surface area (Å²) in [5, 5.41) is 17.6. The molecule has 4 nitrogen and oxygen atoms in total. The van der Waals surface area contributed by atoms with Crippen molar-refractivity contribution < 1.29 is 0 Å². The van der Waals surface area contributed by atoms with Gasteiger partial charge in [0.2, 0.25) is 0 Å². The third-order valence-electron chi connectivity index (χ3n) is 4.51. The number of nitriles is 1. The van der Waals surface area contributed by atoms with Crippen LogP contribution in [0.1, 0.15) is 69.0 Å². The standard InChI is InChI=1S/C14H20N4/c15-9-11-6-7-13(8-11)18-10-14(16-17-18)12-4-2-1-3-5-12/h10-13H,1-8H2. The molecule has 4 heteroatoms. The summed E-state index contributed by atoms with van der Waals surface area (Å²) in [6.45, 7) is 0.